The average molecular weight is 298 g/mol. The van der Waals surface area contributed by atoms with Crippen LogP contribution in [0, 0.1) is 0 Å². The first-order valence-electron chi connectivity index (χ1n) is 7.38. The topological polar surface area (TPSA) is 41.6 Å². The SMILES string of the molecule is CCc1ccc(OCC(=O)Nc2ccccc2N(C)C)cc1. The van der Waals surface area contributed by atoms with Crippen molar-refractivity contribution in [3.05, 3.63) is 54.1 Å². The van der Waals surface area contributed by atoms with Crippen molar-refractivity contribution in [2.24, 2.45) is 0 Å². The summed E-state index contributed by atoms with van der Waals surface area (Å²) >= 11 is 0. The van der Waals surface area contributed by atoms with Gasteiger partial charge in [0.1, 0.15) is 5.75 Å². The Hall–Kier alpha value is -2.49. The number of nitrogens with zero attached hydrogens (tertiary/aromatic N) is 1. The molecule has 0 aliphatic carbocycles. The number of nitrogens with one attached hydrogen (secondary N) is 1. The zero-order valence-electron chi connectivity index (χ0n) is 13.3. The Bertz CT molecular complexity index is 621. The van der Waals surface area contributed by atoms with E-state index in [9.17, 15) is 4.79 Å². The highest BCUT2D eigenvalue weighted by atomic mass is 16.5. The maximum atomic E-state index is 12.0. The lowest BCUT2D eigenvalue weighted by molar-refractivity contribution is -0.118. The predicted octanol–water partition coefficient (Wildman–Crippen LogP) is 3.33. The van der Waals surface area contributed by atoms with Gasteiger partial charge in [-0.1, -0.05) is 31.2 Å². The quantitative estimate of drug-likeness (QED) is 0.889. The summed E-state index contributed by atoms with van der Waals surface area (Å²) in [7, 11) is 3.88. The van der Waals surface area contributed by atoms with Crippen LogP contribution in [0.1, 0.15) is 12.5 Å². The first-order chi connectivity index (χ1) is 10.6. The van der Waals surface area contributed by atoms with Gasteiger partial charge in [-0.15, -0.1) is 0 Å². The van der Waals surface area contributed by atoms with E-state index in [2.05, 4.69) is 12.2 Å². The molecule has 2 aromatic carbocycles. The van der Waals surface area contributed by atoms with E-state index in [-0.39, 0.29) is 12.5 Å². The highest BCUT2D eigenvalue weighted by Crippen LogP contribution is 2.23. The minimum Gasteiger partial charge on any atom is -0.484 e. The third kappa shape index (κ3) is 4.25. The summed E-state index contributed by atoms with van der Waals surface area (Å²) in [5, 5.41) is 2.88. The van der Waals surface area contributed by atoms with Crippen LogP contribution in [-0.4, -0.2) is 26.6 Å². The number of aryl methyl sites for hydroxylation is 1. The van der Waals surface area contributed by atoms with Crippen LogP contribution in [0.5, 0.6) is 5.75 Å². The van der Waals surface area contributed by atoms with Gasteiger partial charge in [-0.25, -0.2) is 0 Å². The van der Waals surface area contributed by atoms with E-state index in [1.807, 2.05) is 67.5 Å². The van der Waals surface area contributed by atoms with Crippen molar-refractivity contribution in [1.82, 2.24) is 0 Å². The maximum absolute atomic E-state index is 12.0. The van der Waals surface area contributed by atoms with Crippen molar-refractivity contribution < 1.29 is 9.53 Å². The van der Waals surface area contributed by atoms with Gasteiger partial charge in [0, 0.05) is 14.1 Å². The average Bonchev–Trinajstić information content (AvgIpc) is 2.53. The normalized spacial score (nSPS) is 10.1. The summed E-state index contributed by atoms with van der Waals surface area (Å²) in [5.74, 6) is 0.530. The maximum Gasteiger partial charge on any atom is 0.262 e. The second kappa shape index (κ2) is 7.50. The molecule has 0 aromatic heterocycles. The van der Waals surface area contributed by atoms with Crippen molar-refractivity contribution in [3.63, 3.8) is 0 Å². The van der Waals surface area contributed by atoms with Crippen molar-refractivity contribution >= 4 is 17.3 Å². The van der Waals surface area contributed by atoms with E-state index < -0.39 is 0 Å². The number of carbonyl (C=O) groups excluding carboxylic acids is 1. The fourth-order valence-corrected chi connectivity index (χ4v) is 2.13. The summed E-state index contributed by atoms with van der Waals surface area (Å²) in [6.45, 7) is 2.10. The third-order valence-electron chi connectivity index (χ3n) is 3.36. The van der Waals surface area contributed by atoms with Gasteiger partial charge in [0.2, 0.25) is 0 Å². The fourth-order valence-electron chi connectivity index (χ4n) is 2.13. The molecule has 0 heterocycles. The van der Waals surface area contributed by atoms with Crippen LogP contribution in [0.15, 0.2) is 48.5 Å². The molecular formula is C18H22N2O2. The molecule has 0 unspecified atom stereocenters. The largest absolute Gasteiger partial charge is 0.484 e. The van der Waals surface area contributed by atoms with Gasteiger partial charge >= 0.3 is 0 Å². The Balaban J connectivity index is 1.93. The lowest BCUT2D eigenvalue weighted by Crippen LogP contribution is -2.22. The van der Waals surface area contributed by atoms with Crippen LogP contribution in [-0.2, 0) is 11.2 Å². The summed E-state index contributed by atoms with van der Waals surface area (Å²) in [4.78, 5) is 14.0. The van der Waals surface area contributed by atoms with Crippen molar-refractivity contribution in [3.8, 4) is 5.75 Å². The van der Waals surface area contributed by atoms with Crippen LogP contribution in [0.4, 0.5) is 11.4 Å². The molecule has 2 rings (SSSR count). The van der Waals surface area contributed by atoms with E-state index in [1.165, 1.54) is 5.56 Å². The lowest BCUT2D eigenvalue weighted by atomic mass is 10.2. The molecule has 0 atom stereocenters. The van der Waals surface area contributed by atoms with Gasteiger partial charge in [0.25, 0.3) is 5.91 Å². The van der Waals surface area contributed by atoms with Gasteiger partial charge < -0.3 is 15.0 Å². The standard InChI is InChI=1S/C18H22N2O2/c1-4-14-9-11-15(12-10-14)22-13-18(21)19-16-7-5-6-8-17(16)20(2)3/h5-12H,4,13H2,1-3H3,(H,19,21). The van der Waals surface area contributed by atoms with Crippen LogP contribution >= 0.6 is 0 Å². The minimum atomic E-state index is -0.172. The Morgan fingerprint density at radius 1 is 1.09 bits per heavy atom. The van der Waals surface area contributed by atoms with Crippen LogP contribution in [0.25, 0.3) is 0 Å². The smallest absolute Gasteiger partial charge is 0.262 e. The molecule has 0 fully saturated rings. The first kappa shape index (κ1) is 15.9. The summed E-state index contributed by atoms with van der Waals surface area (Å²) in [6, 6.07) is 15.5. The molecule has 1 amide bonds. The molecule has 1 N–H and O–H groups in total. The van der Waals surface area contributed by atoms with E-state index in [0.717, 1.165) is 17.8 Å². The number of amides is 1. The molecule has 0 aliphatic heterocycles. The van der Waals surface area contributed by atoms with Crippen LogP contribution < -0.4 is 15.0 Å². The van der Waals surface area contributed by atoms with Crippen molar-refractivity contribution in [1.29, 1.82) is 0 Å². The van der Waals surface area contributed by atoms with Gasteiger partial charge in [0.05, 0.1) is 11.4 Å². The summed E-state index contributed by atoms with van der Waals surface area (Å²) in [6.07, 6.45) is 0.988. The molecule has 0 saturated heterocycles. The Morgan fingerprint density at radius 2 is 1.77 bits per heavy atom. The number of anilines is 2. The third-order valence-corrected chi connectivity index (χ3v) is 3.36. The molecule has 0 aliphatic rings. The van der Waals surface area contributed by atoms with Crippen molar-refractivity contribution in [2.45, 2.75) is 13.3 Å². The van der Waals surface area contributed by atoms with Crippen LogP contribution in [0.3, 0.4) is 0 Å². The molecule has 4 heteroatoms. The molecule has 0 saturated carbocycles. The predicted molar refractivity (Wildman–Crippen MR) is 90.7 cm³/mol. The molecule has 0 spiro atoms. The number of hydrogen-bond donors (Lipinski definition) is 1. The Labute approximate surface area is 131 Å². The van der Waals surface area contributed by atoms with Gasteiger partial charge in [-0.05, 0) is 36.2 Å². The number of hydrogen-bond acceptors (Lipinski definition) is 3. The van der Waals surface area contributed by atoms with Gasteiger partial charge in [-0.2, -0.15) is 0 Å². The van der Waals surface area contributed by atoms with Crippen molar-refractivity contribution in [2.75, 3.05) is 30.9 Å². The van der Waals surface area contributed by atoms with E-state index in [1.54, 1.807) is 0 Å². The molecular weight excluding hydrogens is 276 g/mol. The van der Waals surface area contributed by atoms with Gasteiger partial charge in [-0.3, -0.25) is 4.79 Å². The minimum absolute atomic E-state index is 0.00671. The monoisotopic (exact) mass is 298 g/mol. The Morgan fingerprint density at radius 3 is 2.41 bits per heavy atom. The molecule has 116 valence electrons. The number of carbonyl (C=O) groups is 1. The summed E-state index contributed by atoms with van der Waals surface area (Å²) < 4.78 is 5.51. The molecule has 22 heavy (non-hydrogen) atoms. The van der Waals surface area contributed by atoms with Gasteiger partial charge in [0.15, 0.2) is 6.61 Å². The summed E-state index contributed by atoms with van der Waals surface area (Å²) in [5.41, 5.74) is 2.99. The number of para-hydroxylation sites is 2. The fraction of sp³-hybridized carbons (Fsp3) is 0.278. The first-order valence-corrected chi connectivity index (χ1v) is 7.38. The highest BCUT2D eigenvalue weighted by molar-refractivity contribution is 5.95. The van der Waals surface area contributed by atoms with Crippen LogP contribution in [0.2, 0.25) is 0 Å². The molecule has 4 nitrogen and oxygen atoms in total. The van der Waals surface area contributed by atoms with E-state index >= 15 is 0 Å². The highest BCUT2D eigenvalue weighted by Gasteiger charge is 2.08. The lowest BCUT2D eigenvalue weighted by Gasteiger charge is -2.17. The number of rotatable bonds is 6. The van der Waals surface area contributed by atoms with E-state index in [0.29, 0.717) is 5.75 Å². The molecule has 0 radical (unpaired) electrons. The van der Waals surface area contributed by atoms with E-state index in [4.69, 9.17) is 4.74 Å². The second-order valence-corrected chi connectivity index (χ2v) is 5.25. The number of ether oxygens (including phenoxy) is 1. The number of benzene rings is 2. The molecule has 2 aromatic rings. The molecule has 0 bridgehead atoms. The zero-order valence-corrected chi connectivity index (χ0v) is 13.3. The second-order valence-electron chi connectivity index (χ2n) is 5.25. The zero-order chi connectivity index (χ0) is 15.9. The Kier molecular flexibility index (Phi) is 5.42.